The van der Waals surface area contributed by atoms with Gasteiger partial charge in [-0.1, -0.05) is 34.6 Å². The maximum Gasteiger partial charge on any atom is 0.00413 e. The molecule has 1 rings (SSSR count). The Morgan fingerprint density at radius 2 is 1.33 bits per heavy atom. The second-order valence-electron chi connectivity index (χ2n) is 8.41. The van der Waals surface area contributed by atoms with Crippen LogP contribution in [0.15, 0.2) is 0 Å². The minimum atomic E-state index is 0.346. The maximum absolute atomic E-state index is 6.22. The summed E-state index contributed by atoms with van der Waals surface area (Å²) in [6.45, 7) is 14.4. The average Bonchev–Trinajstić information content (AvgIpc) is 2.23. The standard InChI is InChI=1S/C17H35N/c1-13-7-9-16(3,4)11-12-17(5,6)10-8-15(13)14(2)18/h13-15H,7-12,18H2,1-6H3/t13?,14-,15?/m1/s1. The van der Waals surface area contributed by atoms with Crippen molar-refractivity contribution in [2.45, 2.75) is 86.1 Å². The number of nitrogens with two attached hydrogens (primary N) is 1. The second-order valence-corrected chi connectivity index (χ2v) is 8.41. The first-order valence-electron chi connectivity index (χ1n) is 7.89. The molecule has 0 aromatic carbocycles. The molecule has 0 amide bonds. The summed E-state index contributed by atoms with van der Waals surface area (Å²) >= 11 is 0. The molecule has 1 aliphatic rings. The summed E-state index contributed by atoms with van der Waals surface area (Å²) in [5, 5.41) is 0. The summed E-state index contributed by atoms with van der Waals surface area (Å²) in [6, 6.07) is 0.346. The van der Waals surface area contributed by atoms with Crippen LogP contribution in [0.5, 0.6) is 0 Å². The smallest absolute Gasteiger partial charge is 0.00413 e. The summed E-state index contributed by atoms with van der Waals surface area (Å²) in [6.07, 6.45) is 8.08. The van der Waals surface area contributed by atoms with E-state index in [9.17, 15) is 0 Å². The highest BCUT2D eigenvalue weighted by Crippen LogP contribution is 2.41. The highest BCUT2D eigenvalue weighted by atomic mass is 14.6. The first-order chi connectivity index (χ1) is 8.13. The van der Waals surface area contributed by atoms with Gasteiger partial charge in [-0.15, -0.1) is 0 Å². The molecular formula is C17H35N. The Bertz CT molecular complexity index is 252. The summed E-state index contributed by atoms with van der Waals surface area (Å²) < 4.78 is 0. The predicted molar refractivity (Wildman–Crippen MR) is 81.6 cm³/mol. The minimum absolute atomic E-state index is 0.346. The van der Waals surface area contributed by atoms with Crippen LogP contribution in [0.25, 0.3) is 0 Å². The SMILES string of the molecule is CC1CCC(C)(C)CCC(C)(C)CCC1[C@@H](C)N. The van der Waals surface area contributed by atoms with E-state index in [0.717, 1.165) is 5.92 Å². The molecule has 1 fully saturated rings. The lowest BCUT2D eigenvalue weighted by Crippen LogP contribution is -2.34. The molecule has 0 bridgehead atoms. The van der Waals surface area contributed by atoms with Crippen molar-refractivity contribution in [2.75, 3.05) is 0 Å². The van der Waals surface area contributed by atoms with E-state index < -0.39 is 0 Å². The topological polar surface area (TPSA) is 26.0 Å². The molecule has 1 heteroatoms. The Kier molecular flexibility index (Phi) is 5.29. The molecule has 0 spiro atoms. The molecule has 18 heavy (non-hydrogen) atoms. The third kappa shape index (κ3) is 4.91. The molecule has 0 aromatic rings. The van der Waals surface area contributed by atoms with Gasteiger partial charge in [-0.2, -0.15) is 0 Å². The van der Waals surface area contributed by atoms with E-state index in [0.29, 0.717) is 22.8 Å². The van der Waals surface area contributed by atoms with Gasteiger partial charge in [-0.3, -0.25) is 0 Å². The lowest BCUT2D eigenvalue weighted by atomic mass is 9.69. The van der Waals surface area contributed by atoms with Gasteiger partial charge in [0.2, 0.25) is 0 Å². The van der Waals surface area contributed by atoms with Crippen molar-refractivity contribution in [2.24, 2.45) is 28.4 Å². The molecule has 1 nitrogen and oxygen atoms in total. The van der Waals surface area contributed by atoms with Crippen molar-refractivity contribution in [3.63, 3.8) is 0 Å². The summed E-state index contributed by atoms with van der Waals surface area (Å²) in [4.78, 5) is 0. The van der Waals surface area contributed by atoms with E-state index >= 15 is 0 Å². The van der Waals surface area contributed by atoms with E-state index in [2.05, 4.69) is 41.5 Å². The average molecular weight is 253 g/mol. The molecule has 2 N–H and O–H groups in total. The molecule has 0 saturated heterocycles. The van der Waals surface area contributed by atoms with Crippen molar-refractivity contribution in [3.8, 4) is 0 Å². The Labute approximate surface area is 115 Å². The fourth-order valence-electron chi connectivity index (χ4n) is 3.38. The zero-order valence-electron chi connectivity index (χ0n) is 13.6. The lowest BCUT2D eigenvalue weighted by molar-refractivity contribution is 0.147. The van der Waals surface area contributed by atoms with E-state index in [1.807, 2.05) is 0 Å². The van der Waals surface area contributed by atoms with Crippen LogP contribution in [-0.2, 0) is 0 Å². The van der Waals surface area contributed by atoms with Crippen LogP contribution in [0.2, 0.25) is 0 Å². The van der Waals surface area contributed by atoms with Gasteiger partial charge in [0.05, 0.1) is 0 Å². The molecule has 3 atom stereocenters. The van der Waals surface area contributed by atoms with Crippen molar-refractivity contribution >= 4 is 0 Å². The van der Waals surface area contributed by atoms with Crippen LogP contribution in [-0.4, -0.2) is 6.04 Å². The predicted octanol–water partition coefficient (Wildman–Crippen LogP) is 4.99. The van der Waals surface area contributed by atoms with Crippen LogP contribution in [0.3, 0.4) is 0 Å². The van der Waals surface area contributed by atoms with E-state index in [1.54, 1.807) is 0 Å². The molecule has 0 aliphatic heterocycles. The van der Waals surface area contributed by atoms with Crippen molar-refractivity contribution in [1.82, 2.24) is 0 Å². The Hall–Kier alpha value is -0.0400. The molecule has 0 aromatic heterocycles. The quantitative estimate of drug-likeness (QED) is 0.700. The molecule has 108 valence electrons. The number of hydrogen-bond acceptors (Lipinski definition) is 1. The molecule has 2 unspecified atom stereocenters. The van der Waals surface area contributed by atoms with Crippen LogP contribution in [0.4, 0.5) is 0 Å². The van der Waals surface area contributed by atoms with Gasteiger partial charge in [0.15, 0.2) is 0 Å². The largest absolute Gasteiger partial charge is 0.328 e. The third-order valence-corrected chi connectivity index (χ3v) is 5.32. The number of rotatable bonds is 1. The highest BCUT2D eigenvalue weighted by molar-refractivity contribution is 4.83. The lowest BCUT2D eigenvalue weighted by Gasteiger charge is -2.38. The van der Waals surface area contributed by atoms with Gasteiger partial charge in [0.25, 0.3) is 0 Å². The van der Waals surface area contributed by atoms with Crippen LogP contribution >= 0.6 is 0 Å². The molecule has 0 radical (unpaired) electrons. The van der Waals surface area contributed by atoms with Gasteiger partial charge in [-0.05, 0) is 68.1 Å². The van der Waals surface area contributed by atoms with Gasteiger partial charge in [0.1, 0.15) is 0 Å². The van der Waals surface area contributed by atoms with Gasteiger partial charge in [-0.25, -0.2) is 0 Å². The number of hydrogen-bond donors (Lipinski definition) is 1. The van der Waals surface area contributed by atoms with Crippen molar-refractivity contribution in [1.29, 1.82) is 0 Å². The van der Waals surface area contributed by atoms with Crippen molar-refractivity contribution in [3.05, 3.63) is 0 Å². The maximum atomic E-state index is 6.22. The van der Waals surface area contributed by atoms with Gasteiger partial charge >= 0.3 is 0 Å². The summed E-state index contributed by atoms with van der Waals surface area (Å²) in [7, 11) is 0. The van der Waals surface area contributed by atoms with E-state index in [1.165, 1.54) is 38.5 Å². The first kappa shape index (κ1) is 16.0. The van der Waals surface area contributed by atoms with E-state index in [4.69, 9.17) is 5.73 Å². The van der Waals surface area contributed by atoms with Crippen LogP contribution < -0.4 is 5.73 Å². The van der Waals surface area contributed by atoms with Crippen LogP contribution in [0.1, 0.15) is 80.1 Å². The van der Waals surface area contributed by atoms with Gasteiger partial charge < -0.3 is 5.73 Å². The zero-order chi connectivity index (χ0) is 14.0. The normalized spacial score (nSPS) is 34.8. The second kappa shape index (κ2) is 5.94. The Morgan fingerprint density at radius 1 is 0.889 bits per heavy atom. The summed E-state index contributed by atoms with van der Waals surface area (Å²) in [5.74, 6) is 1.48. The van der Waals surface area contributed by atoms with E-state index in [-0.39, 0.29) is 0 Å². The first-order valence-corrected chi connectivity index (χ1v) is 7.89. The third-order valence-electron chi connectivity index (χ3n) is 5.32. The molecule has 1 saturated carbocycles. The Morgan fingerprint density at radius 3 is 1.78 bits per heavy atom. The minimum Gasteiger partial charge on any atom is -0.328 e. The highest BCUT2D eigenvalue weighted by Gasteiger charge is 2.30. The fraction of sp³-hybridized carbons (Fsp3) is 1.00. The zero-order valence-corrected chi connectivity index (χ0v) is 13.6. The molecular weight excluding hydrogens is 218 g/mol. The van der Waals surface area contributed by atoms with Crippen LogP contribution in [0, 0.1) is 22.7 Å². The molecule has 1 aliphatic carbocycles. The Balaban J connectivity index is 2.79. The molecule has 0 heterocycles. The fourth-order valence-corrected chi connectivity index (χ4v) is 3.38. The van der Waals surface area contributed by atoms with Crippen molar-refractivity contribution < 1.29 is 0 Å². The van der Waals surface area contributed by atoms with Gasteiger partial charge in [0, 0.05) is 6.04 Å². The summed E-state index contributed by atoms with van der Waals surface area (Å²) in [5.41, 5.74) is 7.22. The monoisotopic (exact) mass is 253 g/mol.